The van der Waals surface area contributed by atoms with Crippen molar-refractivity contribution in [2.75, 3.05) is 24.5 Å². The van der Waals surface area contributed by atoms with Gasteiger partial charge in [-0.15, -0.1) is 0 Å². The van der Waals surface area contributed by atoms with Crippen LogP contribution in [0.25, 0.3) is 0 Å². The number of anilines is 1. The minimum atomic E-state index is -0.577. The average Bonchev–Trinajstić information content (AvgIpc) is 2.94. The van der Waals surface area contributed by atoms with Crippen molar-refractivity contribution in [1.29, 1.82) is 0 Å². The Balaban J connectivity index is 2.77. The van der Waals surface area contributed by atoms with Gasteiger partial charge in [-0.2, -0.15) is 0 Å². The zero-order valence-corrected chi connectivity index (χ0v) is 12.8. The number of rotatable bonds is 9. The highest BCUT2D eigenvalue weighted by molar-refractivity contribution is 7.18. The molecule has 0 aliphatic heterocycles. The number of carbonyl (C=O) groups is 2. The van der Waals surface area contributed by atoms with Crippen LogP contribution in [0.1, 0.15) is 26.7 Å². The normalized spacial score (nSPS) is 10.2. The van der Waals surface area contributed by atoms with Gasteiger partial charge in [0.1, 0.15) is 12.7 Å². The first kappa shape index (κ1) is 17.0. The predicted molar refractivity (Wildman–Crippen MR) is 79.3 cm³/mol. The van der Waals surface area contributed by atoms with E-state index in [1.54, 1.807) is 4.90 Å². The summed E-state index contributed by atoms with van der Waals surface area (Å²) in [6, 6.07) is 0. The fourth-order valence-corrected chi connectivity index (χ4v) is 2.47. The Kier molecular flexibility index (Phi) is 6.73. The first-order valence-corrected chi connectivity index (χ1v) is 7.45. The molecule has 0 radical (unpaired) electrons. The molecule has 0 aromatic carbocycles. The van der Waals surface area contributed by atoms with E-state index in [4.69, 9.17) is 0 Å². The molecule has 1 rings (SSSR count). The van der Waals surface area contributed by atoms with Crippen LogP contribution in [0.2, 0.25) is 0 Å². The molecule has 21 heavy (non-hydrogen) atoms. The Morgan fingerprint density at radius 2 is 2.05 bits per heavy atom. The number of nitrogens with zero attached hydrogens (tertiary/aromatic N) is 4. The topological polar surface area (TPSA) is 96.7 Å². The molecule has 0 unspecified atom stereocenters. The van der Waals surface area contributed by atoms with Crippen molar-refractivity contribution in [1.82, 2.24) is 9.88 Å². The molecule has 0 saturated carbocycles. The minimum Gasteiger partial charge on any atom is -0.341 e. The summed E-state index contributed by atoms with van der Waals surface area (Å²) in [5, 5.41) is 10.6. The molecule has 0 fully saturated rings. The SMILES string of the molecule is CCCN(CCC)C(=O)CN(C=O)c1ncc([N+](=O)[O-])s1. The lowest BCUT2D eigenvalue weighted by atomic mass is 10.3. The van der Waals surface area contributed by atoms with E-state index in [2.05, 4.69) is 4.98 Å². The van der Waals surface area contributed by atoms with Crippen LogP contribution >= 0.6 is 11.3 Å². The van der Waals surface area contributed by atoms with Crippen molar-refractivity contribution in [3.8, 4) is 0 Å². The maximum absolute atomic E-state index is 12.2. The second kappa shape index (κ2) is 8.30. The molecule has 0 bridgehead atoms. The Bertz CT molecular complexity index is 499. The van der Waals surface area contributed by atoms with Crippen LogP contribution in [-0.2, 0) is 9.59 Å². The standard InChI is InChI=1S/C12H18N4O4S/c1-3-5-14(6-4-2)10(18)8-15(9-17)12-13-7-11(21-12)16(19)20/h7,9H,3-6,8H2,1-2H3. The summed E-state index contributed by atoms with van der Waals surface area (Å²) < 4.78 is 0. The molecular formula is C12H18N4O4S. The average molecular weight is 314 g/mol. The molecule has 0 spiro atoms. The summed E-state index contributed by atoms with van der Waals surface area (Å²) in [7, 11) is 0. The third kappa shape index (κ3) is 4.78. The van der Waals surface area contributed by atoms with E-state index in [0.29, 0.717) is 19.5 Å². The number of nitro groups is 1. The van der Waals surface area contributed by atoms with E-state index in [0.717, 1.165) is 35.3 Å². The van der Waals surface area contributed by atoms with Crippen LogP contribution < -0.4 is 4.90 Å². The monoisotopic (exact) mass is 314 g/mol. The second-order valence-corrected chi connectivity index (χ2v) is 5.34. The van der Waals surface area contributed by atoms with Crippen LogP contribution in [0.5, 0.6) is 0 Å². The Hall–Kier alpha value is -2.03. The molecule has 0 saturated heterocycles. The molecule has 0 atom stereocenters. The molecule has 1 heterocycles. The summed E-state index contributed by atoms with van der Waals surface area (Å²) in [5.74, 6) is -0.191. The first-order chi connectivity index (χ1) is 10.0. The number of thiazole rings is 1. The van der Waals surface area contributed by atoms with E-state index in [1.807, 2.05) is 13.8 Å². The summed E-state index contributed by atoms with van der Waals surface area (Å²) >= 11 is 0.768. The van der Waals surface area contributed by atoms with Gasteiger partial charge >= 0.3 is 5.00 Å². The summed E-state index contributed by atoms with van der Waals surface area (Å²) in [5.41, 5.74) is 0. The Labute approximate surface area is 126 Å². The number of hydrogen-bond acceptors (Lipinski definition) is 6. The van der Waals surface area contributed by atoms with E-state index in [9.17, 15) is 19.7 Å². The minimum absolute atomic E-state index is 0.151. The molecule has 9 heteroatoms. The van der Waals surface area contributed by atoms with Gasteiger partial charge in [0.05, 0.1) is 4.92 Å². The van der Waals surface area contributed by atoms with E-state index >= 15 is 0 Å². The highest BCUT2D eigenvalue weighted by atomic mass is 32.1. The van der Waals surface area contributed by atoms with E-state index < -0.39 is 4.92 Å². The van der Waals surface area contributed by atoms with Gasteiger partial charge in [-0.05, 0) is 24.2 Å². The van der Waals surface area contributed by atoms with Gasteiger partial charge in [-0.3, -0.25) is 24.6 Å². The highest BCUT2D eigenvalue weighted by Gasteiger charge is 2.21. The zero-order chi connectivity index (χ0) is 15.8. The maximum atomic E-state index is 12.2. The van der Waals surface area contributed by atoms with Crippen LogP contribution in [0.15, 0.2) is 6.20 Å². The van der Waals surface area contributed by atoms with Crippen molar-refractivity contribution in [2.45, 2.75) is 26.7 Å². The molecule has 8 nitrogen and oxygen atoms in total. The smallest absolute Gasteiger partial charge is 0.341 e. The molecule has 1 aromatic heterocycles. The van der Waals surface area contributed by atoms with Crippen LogP contribution in [0, 0.1) is 10.1 Å². The van der Waals surface area contributed by atoms with Gasteiger partial charge in [0.25, 0.3) is 0 Å². The molecule has 0 aliphatic rings. The van der Waals surface area contributed by atoms with Crippen molar-refractivity contribution >= 4 is 33.8 Å². The maximum Gasteiger partial charge on any atom is 0.345 e. The fourth-order valence-electron chi connectivity index (χ4n) is 1.77. The molecule has 116 valence electrons. The van der Waals surface area contributed by atoms with Gasteiger partial charge in [-0.1, -0.05) is 13.8 Å². The lowest BCUT2D eigenvalue weighted by Gasteiger charge is -2.23. The molecule has 2 amide bonds. The van der Waals surface area contributed by atoms with E-state index in [-0.39, 0.29) is 22.6 Å². The van der Waals surface area contributed by atoms with Crippen molar-refractivity contribution in [3.63, 3.8) is 0 Å². The second-order valence-electron chi connectivity index (χ2n) is 4.35. The molecule has 0 N–H and O–H groups in total. The number of hydrogen-bond donors (Lipinski definition) is 0. The molecule has 1 aromatic rings. The van der Waals surface area contributed by atoms with Crippen molar-refractivity contribution in [3.05, 3.63) is 16.3 Å². The van der Waals surface area contributed by atoms with E-state index in [1.165, 1.54) is 0 Å². The Morgan fingerprint density at radius 3 is 2.48 bits per heavy atom. The van der Waals surface area contributed by atoms with Gasteiger partial charge < -0.3 is 4.90 Å². The van der Waals surface area contributed by atoms with Gasteiger partial charge in [0.2, 0.25) is 12.3 Å². The number of aromatic nitrogens is 1. The molecular weight excluding hydrogens is 296 g/mol. The van der Waals surface area contributed by atoms with Crippen LogP contribution in [0.4, 0.5) is 10.1 Å². The third-order valence-electron chi connectivity index (χ3n) is 2.68. The van der Waals surface area contributed by atoms with Gasteiger partial charge in [0.15, 0.2) is 5.13 Å². The lowest BCUT2D eigenvalue weighted by molar-refractivity contribution is -0.380. The summed E-state index contributed by atoms with van der Waals surface area (Å²) in [6.07, 6.45) is 3.21. The first-order valence-electron chi connectivity index (χ1n) is 6.63. The van der Waals surface area contributed by atoms with Gasteiger partial charge in [-0.25, -0.2) is 4.98 Å². The summed E-state index contributed by atoms with van der Waals surface area (Å²) in [4.78, 5) is 39.9. The quantitative estimate of drug-likeness (QED) is 0.392. The fraction of sp³-hybridized carbons (Fsp3) is 0.583. The number of carbonyl (C=O) groups excluding carboxylic acids is 2. The van der Waals surface area contributed by atoms with Crippen LogP contribution in [0.3, 0.4) is 0 Å². The predicted octanol–water partition coefficient (Wildman–Crippen LogP) is 1.66. The van der Waals surface area contributed by atoms with Crippen LogP contribution in [-0.4, -0.2) is 46.8 Å². The third-order valence-corrected chi connectivity index (χ3v) is 3.67. The van der Waals surface area contributed by atoms with Gasteiger partial charge in [0, 0.05) is 13.1 Å². The Morgan fingerprint density at radius 1 is 1.43 bits per heavy atom. The summed E-state index contributed by atoms with van der Waals surface area (Å²) in [6.45, 7) is 5.03. The van der Waals surface area contributed by atoms with Crippen molar-refractivity contribution < 1.29 is 14.5 Å². The lowest BCUT2D eigenvalue weighted by Crippen LogP contribution is -2.40. The number of amides is 2. The highest BCUT2D eigenvalue weighted by Crippen LogP contribution is 2.27. The molecule has 0 aliphatic carbocycles. The zero-order valence-electron chi connectivity index (χ0n) is 12.0. The van der Waals surface area contributed by atoms with Crippen molar-refractivity contribution in [2.24, 2.45) is 0 Å². The largest absolute Gasteiger partial charge is 0.345 e.